The molecule has 0 N–H and O–H groups in total. The zero-order valence-corrected chi connectivity index (χ0v) is 12.8. The monoisotopic (exact) mass is 275 g/mol. The Morgan fingerprint density at radius 1 is 1.30 bits per heavy atom. The minimum Gasteiger partial charge on any atom is -0.444 e. The molecule has 1 aromatic rings. The van der Waals surface area contributed by atoms with Crippen molar-refractivity contribution in [2.24, 2.45) is 0 Å². The van der Waals surface area contributed by atoms with E-state index in [-0.39, 0.29) is 6.09 Å². The van der Waals surface area contributed by atoms with Crippen molar-refractivity contribution in [2.75, 3.05) is 6.54 Å². The number of amides is 1. The quantitative estimate of drug-likeness (QED) is 0.834. The van der Waals surface area contributed by atoms with Crippen LogP contribution in [0.5, 0.6) is 0 Å². The van der Waals surface area contributed by atoms with Gasteiger partial charge in [-0.2, -0.15) is 0 Å². The van der Waals surface area contributed by atoms with Gasteiger partial charge in [0.25, 0.3) is 0 Å². The van der Waals surface area contributed by atoms with Gasteiger partial charge in [-0.1, -0.05) is 30.3 Å². The van der Waals surface area contributed by atoms with Crippen LogP contribution in [0.15, 0.2) is 30.3 Å². The molecule has 0 saturated carbocycles. The summed E-state index contributed by atoms with van der Waals surface area (Å²) in [6.07, 6.45) is 4.05. The molecule has 1 saturated heterocycles. The molecule has 0 bridgehead atoms. The lowest BCUT2D eigenvalue weighted by Crippen LogP contribution is -2.40. The smallest absolute Gasteiger partial charge is 0.410 e. The third kappa shape index (κ3) is 4.26. The summed E-state index contributed by atoms with van der Waals surface area (Å²) in [5.74, 6) is 0. The maximum atomic E-state index is 12.2. The highest BCUT2D eigenvalue weighted by Crippen LogP contribution is 2.24. The van der Waals surface area contributed by atoms with E-state index in [0.29, 0.717) is 6.04 Å². The van der Waals surface area contributed by atoms with E-state index in [9.17, 15) is 4.79 Å². The highest BCUT2D eigenvalue weighted by molar-refractivity contribution is 5.68. The van der Waals surface area contributed by atoms with Gasteiger partial charge >= 0.3 is 6.09 Å². The first-order chi connectivity index (χ1) is 9.46. The Morgan fingerprint density at radius 2 is 2.00 bits per heavy atom. The van der Waals surface area contributed by atoms with Crippen molar-refractivity contribution < 1.29 is 9.53 Å². The second-order valence-corrected chi connectivity index (χ2v) is 6.49. The van der Waals surface area contributed by atoms with Gasteiger partial charge in [-0.25, -0.2) is 4.79 Å². The van der Waals surface area contributed by atoms with Gasteiger partial charge in [0.2, 0.25) is 0 Å². The van der Waals surface area contributed by atoms with Crippen molar-refractivity contribution >= 4 is 6.09 Å². The first-order valence-corrected chi connectivity index (χ1v) is 7.49. The Bertz CT molecular complexity index is 436. The van der Waals surface area contributed by atoms with Gasteiger partial charge in [0.1, 0.15) is 5.60 Å². The average Bonchev–Trinajstić information content (AvgIpc) is 2.84. The number of aryl methyl sites for hydroxylation is 1. The molecule has 3 nitrogen and oxygen atoms in total. The fourth-order valence-corrected chi connectivity index (χ4v) is 2.67. The minimum atomic E-state index is -0.413. The topological polar surface area (TPSA) is 29.5 Å². The predicted octanol–water partition coefficient (Wildman–Crippen LogP) is 4.02. The van der Waals surface area contributed by atoms with Crippen molar-refractivity contribution in [1.82, 2.24) is 4.90 Å². The SMILES string of the molecule is CC(C)(C)OC(=O)N1CCC[C@@H]1CCc1ccccc1. The molecule has 0 unspecified atom stereocenters. The lowest BCUT2D eigenvalue weighted by Gasteiger charge is -2.28. The third-order valence-corrected chi connectivity index (χ3v) is 3.61. The Balaban J connectivity index is 1.89. The number of carbonyl (C=O) groups excluding carboxylic acids is 1. The molecule has 0 radical (unpaired) electrons. The molecule has 1 aliphatic rings. The van der Waals surface area contributed by atoms with E-state index >= 15 is 0 Å². The van der Waals surface area contributed by atoms with Crippen LogP contribution in [0.3, 0.4) is 0 Å². The second kappa shape index (κ2) is 6.29. The van der Waals surface area contributed by atoms with E-state index in [2.05, 4.69) is 24.3 Å². The molecular formula is C17H25NO2. The van der Waals surface area contributed by atoms with Crippen LogP contribution in [0.25, 0.3) is 0 Å². The predicted molar refractivity (Wildman–Crippen MR) is 80.7 cm³/mol. The summed E-state index contributed by atoms with van der Waals surface area (Å²) in [5.41, 5.74) is 0.924. The van der Waals surface area contributed by atoms with E-state index in [1.165, 1.54) is 5.56 Å². The van der Waals surface area contributed by atoms with E-state index in [0.717, 1.165) is 32.2 Å². The molecule has 1 atom stereocenters. The van der Waals surface area contributed by atoms with Crippen LogP contribution in [0.1, 0.15) is 45.6 Å². The van der Waals surface area contributed by atoms with Crippen molar-refractivity contribution in [1.29, 1.82) is 0 Å². The number of hydrogen-bond acceptors (Lipinski definition) is 2. The van der Waals surface area contributed by atoms with Crippen molar-refractivity contribution in [3.8, 4) is 0 Å². The molecule has 1 amide bonds. The Morgan fingerprint density at radius 3 is 2.65 bits per heavy atom. The standard InChI is InChI=1S/C17H25NO2/c1-17(2,3)20-16(19)18-13-7-10-15(18)12-11-14-8-5-4-6-9-14/h4-6,8-9,15H,7,10-13H2,1-3H3/t15-/m1/s1. The molecule has 3 heteroatoms. The number of likely N-dealkylation sites (tertiary alicyclic amines) is 1. The van der Waals surface area contributed by atoms with Gasteiger partial charge in [0.05, 0.1) is 0 Å². The van der Waals surface area contributed by atoms with E-state index in [1.807, 2.05) is 31.7 Å². The first-order valence-electron chi connectivity index (χ1n) is 7.49. The number of nitrogens with zero attached hydrogens (tertiary/aromatic N) is 1. The third-order valence-electron chi connectivity index (χ3n) is 3.61. The van der Waals surface area contributed by atoms with Crippen molar-refractivity contribution in [3.63, 3.8) is 0 Å². The Kier molecular flexibility index (Phi) is 4.69. The summed E-state index contributed by atoms with van der Waals surface area (Å²) < 4.78 is 5.49. The van der Waals surface area contributed by atoms with E-state index in [1.54, 1.807) is 0 Å². The minimum absolute atomic E-state index is 0.159. The van der Waals surface area contributed by atoms with Crippen LogP contribution < -0.4 is 0 Å². The molecule has 110 valence electrons. The molecule has 20 heavy (non-hydrogen) atoms. The Hall–Kier alpha value is -1.51. The number of rotatable bonds is 3. The lowest BCUT2D eigenvalue weighted by atomic mass is 10.0. The summed E-state index contributed by atoms with van der Waals surface area (Å²) >= 11 is 0. The molecule has 1 fully saturated rings. The normalized spacial score (nSPS) is 19.1. The van der Waals surface area contributed by atoms with E-state index in [4.69, 9.17) is 4.74 Å². The van der Waals surface area contributed by atoms with Gasteiger partial charge in [-0.3, -0.25) is 0 Å². The van der Waals surface area contributed by atoms with Gasteiger partial charge in [0.15, 0.2) is 0 Å². The van der Waals surface area contributed by atoms with Crippen LogP contribution in [-0.2, 0) is 11.2 Å². The molecule has 1 aliphatic heterocycles. The van der Waals surface area contributed by atoms with Crippen LogP contribution in [0.2, 0.25) is 0 Å². The molecular weight excluding hydrogens is 250 g/mol. The molecule has 0 aromatic heterocycles. The zero-order valence-electron chi connectivity index (χ0n) is 12.8. The average molecular weight is 275 g/mol. The molecule has 0 aliphatic carbocycles. The molecule has 1 heterocycles. The van der Waals surface area contributed by atoms with Crippen LogP contribution in [0.4, 0.5) is 4.79 Å². The van der Waals surface area contributed by atoms with Crippen LogP contribution >= 0.6 is 0 Å². The fourth-order valence-electron chi connectivity index (χ4n) is 2.67. The first kappa shape index (κ1) is 14.9. The molecule has 0 spiro atoms. The summed E-state index contributed by atoms with van der Waals surface area (Å²) in [7, 11) is 0. The highest BCUT2D eigenvalue weighted by Gasteiger charge is 2.31. The summed E-state index contributed by atoms with van der Waals surface area (Å²) in [6.45, 7) is 6.58. The van der Waals surface area contributed by atoms with Crippen LogP contribution in [-0.4, -0.2) is 29.2 Å². The van der Waals surface area contributed by atoms with Gasteiger partial charge in [-0.15, -0.1) is 0 Å². The maximum Gasteiger partial charge on any atom is 0.410 e. The number of hydrogen-bond donors (Lipinski definition) is 0. The van der Waals surface area contributed by atoms with E-state index < -0.39 is 5.60 Å². The zero-order chi connectivity index (χ0) is 14.6. The highest BCUT2D eigenvalue weighted by atomic mass is 16.6. The maximum absolute atomic E-state index is 12.2. The van der Waals surface area contributed by atoms with Gasteiger partial charge < -0.3 is 9.64 Å². The summed E-state index contributed by atoms with van der Waals surface area (Å²) in [4.78, 5) is 14.1. The van der Waals surface area contributed by atoms with Crippen molar-refractivity contribution in [2.45, 2.75) is 58.1 Å². The number of carbonyl (C=O) groups is 1. The Labute approximate surface area is 121 Å². The van der Waals surface area contributed by atoms with Crippen LogP contribution in [0, 0.1) is 0 Å². The van der Waals surface area contributed by atoms with Crippen molar-refractivity contribution in [3.05, 3.63) is 35.9 Å². The fraction of sp³-hybridized carbons (Fsp3) is 0.588. The summed E-state index contributed by atoms with van der Waals surface area (Å²) in [5, 5.41) is 0. The lowest BCUT2D eigenvalue weighted by molar-refractivity contribution is 0.0220. The summed E-state index contributed by atoms with van der Waals surface area (Å²) in [6, 6.07) is 10.8. The van der Waals surface area contributed by atoms with Gasteiger partial charge in [0, 0.05) is 12.6 Å². The second-order valence-electron chi connectivity index (χ2n) is 6.49. The molecule has 2 rings (SSSR count). The largest absolute Gasteiger partial charge is 0.444 e. The number of ether oxygens (including phenoxy) is 1. The number of benzene rings is 1. The van der Waals surface area contributed by atoms with Gasteiger partial charge in [-0.05, 0) is 52.0 Å². The molecule has 1 aromatic carbocycles.